The first-order chi connectivity index (χ1) is 6.77. The van der Waals surface area contributed by atoms with Crippen molar-refractivity contribution >= 4 is 11.8 Å². The van der Waals surface area contributed by atoms with E-state index in [2.05, 4.69) is 0 Å². The smallest absolute Gasteiger partial charge is 0.166 e. The van der Waals surface area contributed by atoms with E-state index in [-0.39, 0.29) is 5.75 Å². The zero-order valence-electron chi connectivity index (χ0n) is 7.79. The number of hydrogen-bond donors (Lipinski definition) is 0. The molecule has 1 aromatic carbocycles. The van der Waals surface area contributed by atoms with Gasteiger partial charge in [0.2, 0.25) is 0 Å². The lowest BCUT2D eigenvalue weighted by atomic mass is 10.2. The lowest BCUT2D eigenvalue weighted by Gasteiger charge is -2.05. The molecule has 0 heterocycles. The number of nitriles is 1. The van der Waals surface area contributed by atoms with Crippen molar-refractivity contribution in [3.8, 4) is 11.8 Å². The number of hydrogen-bond acceptors (Lipinski definition) is 3. The molecule has 0 saturated heterocycles. The van der Waals surface area contributed by atoms with Gasteiger partial charge in [0.15, 0.2) is 11.6 Å². The highest BCUT2D eigenvalue weighted by molar-refractivity contribution is 7.98. The molecule has 0 radical (unpaired) electrons. The Hall–Kier alpha value is -1.21. The maximum absolute atomic E-state index is 13.2. The summed E-state index contributed by atoms with van der Waals surface area (Å²) in [5.74, 6) is 0.544. The van der Waals surface area contributed by atoms with E-state index < -0.39 is 5.82 Å². The fourth-order valence-corrected chi connectivity index (χ4v) is 1.17. The number of halogens is 1. The molecule has 0 amide bonds. The van der Waals surface area contributed by atoms with Gasteiger partial charge in [-0.1, -0.05) is 0 Å². The molecule has 0 bridgehead atoms. The van der Waals surface area contributed by atoms with Crippen LogP contribution in [0, 0.1) is 17.1 Å². The van der Waals surface area contributed by atoms with Crippen molar-refractivity contribution in [2.45, 2.75) is 0 Å². The summed E-state index contributed by atoms with van der Waals surface area (Å²) < 4.78 is 18.4. The van der Waals surface area contributed by atoms with Crippen molar-refractivity contribution in [3.05, 3.63) is 29.6 Å². The highest BCUT2D eigenvalue weighted by Crippen LogP contribution is 2.17. The van der Waals surface area contributed by atoms with Gasteiger partial charge in [0.05, 0.1) is 18.2 Å². The zero-order chi connectivity index (χ0) is 10.4. The molecule has 14 heavy (non-hydrogen) atoms. The fourth-order valence-electron chi connectivity index (χ4n) is 0.922. The van der Waals surface area contributed by atoms with Gasteiger partial charge < -0.3 is 4.74 Å². The third kappa shape index (κ3) is 2.93. The predicted molar refractivity (Wildman–Crippen MR) is 55.0 cm³/mol. The number of ether oxygens (including phenoxy) is 1. The van der Waals surface area contributed by atoms with Crippen LogP contribution in [0.3, 0.4) is 0 Å². The van der Waals surface area contributed by atoms with Crippen LogP contribution in [0.1, 0.15) is 5.56 Å². The second kappa shape index (κ2) is 5.51. The molecule has 2 nitrogen and oxygen atoms in total. The van der Waals surface area contributed by atoms with Gasteiger partial charge in [0, 0.05) is 5.75 Å². The quantitative estimate of drug-likeness (QED) is 0.717. The van der Waals surface area contributed by atoms with Crippen LogP contribution >= 0.6 is 11.8 Å². The van der Waals surface area contributed by atoms with Crippen molar-refractivity contribution in [1.82, 2.24) is 0 Å². The summed E-state index contributed by atoms with van der Waals surface area (Å²) in [5, 5.41) is 8.51. The second-order valence-electron chi connectivity index (χ2n) is 2.60. The van der Waals surface area contributed by atoms with Crippen LogP contribution < -0.4 is 4.74 Å². The summed E-state index contributed by atoms with van der Waals surface area (Å²) >= 11 is 1.63. The summed E-state index contributed by atoms with van der Waals surface area (Å²) in [6.45, 7) is 0.476. The topological polar surface area (TPSA) is 33.0 Å². The SMILES string of the molecule is CSCCOc1ccc(C#N)cc1F. The first-order valence-electron chi connectivity index (χ1n) is 4.09. The first-order valence-corrected chi connectivity index (χ1v) is 5.48. The molecule has 0 N–H and O–H groups in total. The van der Waals surface area contributed by atoms with E-state index in [0.29, 0.717) is 12.2 Å². The maximum Gasteiger partial charge on any atom is 0.166 e. The van der Waals surface area contributed by atoms with E-state index in [0.717, 1.165) is 5.75 Å². The summed E-state index contributed by atoms with van der Waals surface area (Å²) in [4.78, 5) is 0. The van der Waals surface area contributed by atoms with Gasteiger partial charge >= 0.3 is 0 Å². The molecule has 1 rings (SSSR count). The minimum atomic E-state index is -0.481. The Labute approximate surface area is 86.7 Å². The molecule has 1 aromatic rings. The molecule has 0 unspecified atom stereocenters. The van der Waals surface area contributed by atoms with E-state index in [1.54, 1.807) is 11.8 Å². The molecule has 0 aromatic heterocycles. The summed E-state index contributed by atoms with van der Waals surface area (Å²) in [7, 11) is 0. The van der Waals surface area contributed by atoms with E-state index in [1.165, 1.54) is 18.2 Å². The molecule has 0 aliphatic rings. The number of rotatable bonds is 4. The Bertz CT molecular complexity index is 348. The molecule has 0 atom stereocenters. The van der Waals surface area contributed by atoms with Gasteiger partial charge in [-0.15, -0.1) is 0 Å². The first kappa shape index (κ1) is 10.9. The van der Waals surface area contributed by atoms with Crippen LogP contribution in [-0.2, 0) is 0 Å². The predicted octanol–water partition coefficient (Wildman–Crippen LogP) is 2.44. The van der Waals surface area contributed by atoms with Gasteiger partial charge in [0.1, 0.15) is 0 Å². The third-order valence-electron chi connectivity index (χ3n) is 1.61. The highest BCUT2D eigenvalue weighted by atomic mass is 32.2. The fraction of sp³-hybridized carbons (Fsp3) is 0.300. The standard InChI is InChI=1S/C10H10FNOS/c1-14-5-4-13-10-3-2-8(7-12)6-9(10)11/h2-3,6H,4-5H2,1H3. The van der Waals surface area contributed by atoms with Crippen LogP contribution in [0.15, 0.2) is 18.2 Å². The van der Waals surface area contributed by atoms with Crippen LogP contribution in [-0.4, -0.2) is 18.6 Å². The normalized spacial score (nSPS) is 9.50. The number of nitrogens with zero attached hydrogens (tertiary/aromatic N) is 1. The Morgan fingerprint density at radius 1 is 1.57 bits per heavy atom. The molecule has 0 spiro atoms. The van der Waals surface area contributed by atoms with Gasteiger partial charge in [-0.2, -0.15) is 17.0 Å². The maximum atomic E-state index is 13.2. The Morgan fingerprint density at radius 3 is 2.93 bits per heavy atom. The summed E-state index contributed by atoms with van der Waals surface area (Å²) in [6.07, 6.45) is 1.96. The van der Waals surface area contributed by atoms with E-state index in [1.807, 2.05) is 12.3 Å². The van der Waals surface area contributed by atoms with Gasteiger partial charge in [-0.05, 0) is 24.5 Å². The second-order valence-corrected chi connectivity index (χ2v) is 3.58. The van der Waals surface area contributed by atoms with E-state index in [9.17, 15) is 4.39 Å². The minimum Gasteiger partial charge on any atom is -0.490 e. The Kier molecular flexibility index (Phi) is 4.27. The number of thioether (sulfide) groups is 1. The lowest BCUT2D eigenvalue weighted by Crippen LogP contribution is -2.01. The van der Waals surface area contributed by atoms with Crippen molar-refractivity contribution in [2.75, 3.05) is 18.6 Å². The molecule has 0 saturated carbocycles. The third-order valence-corrected chi connectivity index (χ3v) is 2.18. The molecule has 0 aliphatic carbocycles. The van der Waals surface area contributed by atoms with Crippen LogP contribution in [0.4, 0.5) is 4.39 Å². The molecule has 4 heteroatoms. The lowest BCUT2D eigenvalue weighted by molar-refractivity contribution is 0.325. The molecule has 74 valence electrons. The monoisotopic (exact) mass is 211 g/mol. The molecule has 0 fully saturated rings. The van der Waals surface area contributed by atoms with Crippen molar-refractivity contribution in [1.29, 1.82) is 5.26 Å². The van der Waals surface area contributed by atoms with Crippen molar-refractivity contribution in [2.24, 2.45) is 0 Å². The van der Waals surface area contributed by atoms with E-state index in [4.69, 9.17) is 10.00 Å². The average molecular weight is 211 g/mol. The number of benzene rings is 1. The molecule has 0 aliphatic heterocycles. The minimum absolute atomic E-state index is 0.207. The largest absolute Gasteiger partial charge is 0.490 e. The van der Waals surface area contributed by atoms with Gasteiger partial charge in [0.25, 0.3) is 0 Å². The van der Waals surface area contributed by atoms with Crippen molar-refractivity contribution < 1.29 is 9.13 Å². The van der Waals surface area contributed by atoms with E-state index >= 15 is 0 Å². The average Bonchev–Trinajstić information content (AvgIpc) is 2.20. The van der Waals surface area contributed by atoms with Gasteiger partial charge in [-0.3, -0.25) is 0 Å². The van der Waals surface area contributed by atoms with Crippen molar-refractivity contribution in [3.63, 3.8) is 0 Å². The van der Waals surface area contributed by atoms with Gasteiger partial charge in [-0.25, -0.2) is 4.39 Å². The molecular weight excluding hydrogens is 201 g/mol. The van der Waals surface area contributed by atoms with Crippen LogP contribution in [0.25, 0.3) is 0 Å². The summed E-state index contributed by atoms with van der Waals surface area (Å²) in [6, 6.07) is 6.06. The summed E-state index contributed by atoms with van der Waals surface area (Å²) in [5.41, 5.74) is 0.305. The van der Waals surface area contributed by atoms with Crippen LogP contribution in [0.2, 0.25) is 0 Å². The highest BCUT2D eigenvalue weighted by Gasteiger charge is 2.03. The Morgan fingerprint density at radius 2 is 2.36 bits per heavy atom. The Balaban J connectivity index is 2.65. The zero-order valence-corrected chi connectivity index (χ0v) is 8.60. The van der Waals surface area contributed by atoms with Crippen LogP contribution in [0.5, 0.6) is 5.75 Å². The molecular formula is C10H10FNOS.